The maximum absolute atomic E-state index is 12.3. The molecule has 10 heteroatoms. The van der Waals surface area contributed by atoms with Gasteiger partial charge in [-0.2, -0.15) is 4.68 Å². The summed E-state index contributed by atoms with van der Waals surface area (Å²) in [5, 5.41) is 8.09. The van der Waals surface area contributed by atoms with E-state index >= 15 is 0 Å². The normalized spacial score (nSPS) is 10.6. The van der Waals surface area contributed by atoms with Crippen LogP contribution < -0.4 is 11.1 Å². The molecule has 7 nitrogen and oxygen atoms in total. The molecule has 1 N–H and O–H groups in total. The summed E-state index contributed by atoms with van der Waals surface area (Å²) < 4.78 is 6.14. The lowest BCUT2D eigenvalue weighted by atomic mass is 10.3. The van der Waals surface area contributed by atoms with Crippen LogP contribution in [-0.2, 0) is 11.3 Å². The van der Waals surface area contributed by atoms with E-state index in [4.69, 9.17) is 27.6 Å². The van der Waals surface area contributed by atoms with Crippen molar-refractivity contribution in [3.8, 4) is 11.5 Å². The van der Waals surface area contributed by atoms with Crippen LogP contribution >= 0.6 is 35.0 Å². The van der Waals surface area contributed by atoms with Crippen molar-refractivity contribution in [3.05, 3.63) is 69.8 Å². The molecule has 144 valence electrons. The number of halogens is 2. The minimum atomic E-state index is -0.754. The fourth-order valence-electron chi connectivity index (χ4n) is 2.24. The van der Waals surface area contributed by atoms with Gasteiger partial charge in [0.15, 0.2) is 0 Å². The minimum Gasteiger partial charge on any atom is -0.387 e. The Bertz CT molecular complexity index is 1080. The van der Waals surface area contributed by atoms with Gasteiger partial charge in [0.25, 0.3) is 5.89 Å². The van der Waals surface area contributed by atoms with E-state index < -0.39 is 11.7 Å². The Hall–Kier alpha value is -2.55. The largest absolute Gasteiger partial charge is 0.437 e. The van der Waals surface area contributed by atoms with E-state index in [0.717, 1.165) is 4.68 Å². The van der Waals surface area contributed by atoms with Crippen LogP contribution in [0.25, 0.3) is 11.5 Å². The van der Waals surface area contributed by atoms with Crippen molar-refractivity contribution in [3.63, 3.8) is 0 Å². The first-order chi connectivity index (χ1) is 13.5. The zero-order valence-electron chi connectivity index (χ0n) is 14.4. The average Bonchev–Trinajstić information content (AvgIpc) is 3.03. The Kier molecular flexibility index (Phi) is 6.56. The van der Waals surface area contributed by atoms with Crippen molar-refractivity contribution in [2.45, 2.75) is 11.6 Å². The molecule has 0 fully saturated rings. The Morgan fingerprint density at radius 1 is 1.36 bits per heavy atom. The highest BCUT2D eigenvalue weighted by atomic mass is 35.5. The molecular formula is C18H14Cl2N4O3S. The summed E-state index contributed by atoms with van der Waals surface area (Å²) in [7, 11) is 0. The molecule has 3 aromatic rings. The lowest BCUT2D eigenvalue weighted by molar-refractivity contribution is -0.117. The zero-order chi connectivity index (χ0) is 20.1. The highest BCUT2D eigenvalue weighted by Crippen LogP contribution is 2.28. The third kappa shape index (κ3) is 4.83. The topological polar surface area (TPSA) is 90.0 Å². The Labute approximate surface area is 174 Å². The number of carbonyl (C=O) groups excluding carboxylic acids is 1. The molecule has 0 aliphatic rings. The lowest BCUT2D eigenvalue weighted by Gasteiger charge is -2.06. The number of amides is 1. The van der Waals surface area contributed by atoms with Gasteiger partial charge in [-0.3, -0.25) is 4.79 Å². The van der Waals surface area contributed by atoms with E-state index in [9.17, 15) is 9.59 Å². The summed E-state index contributed by atoms with van der Waals surface area (Å²) in [6.07, 6.45) is 3.37. The molecule has 0 saturated heterocycles. The third-order valence-electron chi connectivity index (χ3n) is 3.44. The maximum atomic E-state index is 12.3. The van der Waals surface area contributed by atoms with Gasteiger partial charge in [0.2, 0.25) is 5.91 Å². The van der Waals surface area contributed by atoms with Gasteiger partial charge in [-0.15, -0.1) is 23.4 Å². The van der Waals surface area contributed by atoms with Crippen LogP contribution in [0.3, 0.4) is 0 Å². The molecule has 2 heterocycles. The number of benzene rings is 1. The summed E-state index contributed by atoms with van der Waals surface area (Å²) in [4.78, 5) is 28.6. The zero-order valence-corrected chi connectivity index (χ0v) is 16.7. The standard InChI is InChI=1S/C18H14Cl2N4O3S/c1-2-8-28-17-12(4-3-7-21-17)16-23-24(18(26)27-16)10-15(25)22-14-6-5-11(19)9-13(14)20/h2-7,9H,1,8,10H2,(H,22,25). The van der Waals surface area contributed by atoms with E-state index in [1.54, 1.807) is 36.5 Å². The van der Waals surface area contributed by atoms with Gasteiger partial charge in [-0.1, -0.05) is 29.3 Å². The lowest BCUT2D eigenvalue weighted by Crippen LogP contribution is -2.26. The maximum Gasteiger partial charge on any atom is 0.437 e. The van der Waals surface area contributed by atoms with Crippen molar-refractivity contribution >= 4 is 46.6 Å². The summed E-state index contributed by atoms with van der Waals surface area (Å²) >= 11 is 13.3. The first-order valence-electron chi connectivity index (χ1n) is 8.00. The molecule has 3 rings (SSSR count). The number of nitrogens with one attached hydrogen (secondary N) is 1. The minimum absolute atomic E-state index is 0.0852. The van der Waals surface area contributed by atoms with E-state index in [-0.39, 0.29) is 17.5 Å². The van der Waals surface area contributed by atoms with Crippen molar-refractivity contribution in [2.75, 3.05) is 11.1 Å². The number of thioether (sulfide) groups is 1. The first kappa shape index (κ1) is 20.2. The number of aromatic nitrogens is 3. The fourth-order valence-corrected chi connectivity index (χ4v) is 3.42. The molecule has 0 unspecified atom stereocenters. The molecule has 1 aromatic carbocycles. The second-order valence-corrected chi connectivity index (χ2v) is 7.31. The SMILES string of the molecule is C=CCSc1ncccc1-c1nn(CC(=O)Nc2ccc(Cl)cc2Cl)c(=O)o1. The smallest absolute Gasteiger partial charge is 0.387 e. The van der Waals surface area contributed by atoms with Crippen LogP contribution in [0.15, 0.2) is 63.4 Å². The number of rotatable bonds is 7. The summed E-state index contributed by atoms with van der Waals surface area (Å²) in [5.41, 5.74) is 0.939. The van der Waals surface area contributed by atoms with Crippen LogP contribution in [-0.4, -0.2) is 26.4 Å². The molecule has 2 aromatic heterocycles. The quantitative estimate of drug-likeness (QED) is 0.442. The van der Waals surface area contributed by atoms with E-state index in [0.29, 0.717) is 27.1 Å². The van der Waals surface area contributed by atoms with Gasteiger partial charge < -0.3 is 9.73 Å². The molecule has 0 saturated carbocycles. The molecule has 28 heavy (non-hydrogen) atoms. The molecule has 0 aliphatic carbocycles. The van der Waals surface area contributed by atoms with Gasteiger partial charge in [-0.25, -0.2) is 9.78 Å². The van der Waals surface area contributed by atoms with E-state index in [2.05, 4.69) is 22.0 Å². The van der Waals surface area contributed by atoms with Crippen molar-refractivity contribution in [2.24, 2.45) is 0 Å². The summed E-state index contributed by atoms with van der Waals surface area (Å²) in [6, 6.07) is 8.11. The van der Waals surface area contributed by atoms with E-state index in [1.807, 2.05) is 0 Å². The highest BCUT2D eigenvalue weighted by molar-refractivity contribution is 7.99. The second kappa shape index (κ2) is 9.09. The van der Waals surface area contributed by atoms with Gasteiger partial charge >= 0.3 is 5.76 Å². The van der Waals surface area contributed by atoms with E-state index in [1.165, 1.54) is 17.8 Å². The summed E-state index contributed by atoms with van der Waals surface area (Å²) in [6.45, 7) is 3.33. The van der Waals surface area contributed by atoms with Gasteiger partial charge in [0.1, 0.15) is 11.6 Å². The van der Waals surface area contributed by atoms with Crippen molar-refractivity contribution in [1.82, 2.24) is 14.8 Å². The van der Waals surface area contributed by atoms with Gasteiger partial charge in [0, 0.05) is 17.0 Å². The van der Waals surface area contributed by atoms with Crippen LogP contribution in [0.1, 0.15) is 0 Å². The van der Waals surface area contributed by atoms with Crippen LogP contribution in [0.2, 0.25) is 10.0 Å². The number of hydrogen-bond donors (Lipinski definition) is 1. The molecule has 0 aliphatic heterocycles. The Morgan fingerprint density at radius 3 is 2.93 bits per heavy atom. The van der Waals surface area contributed by atoms with Gasteiger partial charge in [-0.05, 0) is 30.3 Å². The van der Waals surface area contributed by atoms with Crippen molar-refractivity contribution < 1.29 is 9.21 Å². The van der Waals surface area contributed by atoms with Crippen LogP contribution in [0.5, 0.6) is 0 Å². The van der Waals surface area contributed by atoms with Crippen molar-refractivity contribution in [1.29, 1.82) is 0 Å². The average molecular weight is 437 g/mol. The number of nitrogens with zero attached hydrogens (tertiary/aromatic N) is 3. The highest BCUT2D eigenvalue weighted by Gasteiger charge is 2.17. The number of carbonyl (C=O) groups is 1. The second-order valence-electron chi connectivity index (χ2n) is 5.46. The predicted molar refractivity (Wildman–Crippen MR) is 110 cm³/mol. The number of pyridine rings is 1. The number of hydrogen-bond acceptors (Lipinski definition) is 6. The molecule has 0 bridgehead atoms. The molecule has 0 atom stereocenters. The molecular weight excluding hydrogens is 423 g/mol. The number of anilines is 1. The molecule has 0 spiro atoms. The monoisotopic (exact) mass is 436 g/mol. The molecule has 1 amide bonds. The fraction of sp³-hybridized carbons (Fsp3) is 0.111. The first-order valence-corrected chi connectivity index (χ1v) is 9.74. The Morgan fingerprint density at radius 2 is 2.18 bits per heavy atom. The Balaban J connectivity index is 1.78. The molecule has 0 radical (unpaired) electrons. The van der Waals surface area contributed by atoms with Crippen LogP contribution in [0.4, 0.5) is 5.69 Å². The summed E-state index contributed by atoms with van der Waals surface area (Å²) in [5.74, 6) is -0.518. The van der Waals surface area contributed by atoms with Crippen LogP contribution in [0, 0.1) is 0 Å². The third-order valence-corrected chi connectivity index (χ3v) is 4.99. The van der Waals surface area contributed by atoms with Gasteiger partial charge in [0.05, 0.1) is 16.3 Å². The predicted octanol–water partition coefficient (Wildman–Crippen LogP) is 4.12.